The van der Waals surface area contributed by atoms with E-state index in [4.69, 9.17) is 0 Å². The maximum Gasteiger partial charge on any atom is 0.151 e. The van der Waals surface area contributed by atoms with Gasteiger partial charge in [-0.15, -0.1) is 0 Å². The molecule has 0 bridgehead atoms. The van der Waals surface area contributed by atoms with Crippen LogP contribution in [0.5, 0.6) is 0 Å². The summed E-state index contributed by atoms with van der Waals surface area (Å²) in [7, 11) is -7.43. The summed E-state index contributed by atoms with van der Waals surface area (Å²) in [4.78, 5) is 0. The topological polar surface area (TPSA) is 91.3 Å². The third-order valence-corrected chi connectivity index (χ3v) is 5.70. The Morgan fingerprint density at radius 1 is 1.07 bits per heavy atom. The van der Waals surface area contributed by atoms with E-state index in [9.17, 15) is 21.4 Å². The van der Waals surface area contributed by atoms with Gasteiger partial charge in [-0.2, -0.15) is 0 Å². The van der Waals surface area contributed by atoms with Gasteiger partial charge in [0, 0.05) is 5.75 Å². The second-order valence-corrected chi connectivity index (χ2v) is 8.79. The highest BCUT2D eigenvalue weighted by Crippen LogP contribution is 2.10. The SMILES string of the molecule is CCCCCS(=O)(=O)CCSS(=O)(=O)[O-]. The average Bonchev–Trinajstić information content (AvgIpc) is 2.01. The first kappa shape index (κ1) is 15.2. The molecule has 15 heavy (non-hydrogen) atoms. The van der Waals surface area contributed by atoms with E-state index in [1.165, 1.54) is 0 Å². The Morgan fingerprint density at radius 3 is 2.13 bits per heavy atom. The van der Waals surface area contributed by atoms with Crippen LogP contribution in [0.4, 0.5) is 0 Å². The molecule has 92 valence electrons. The highest BCUT2D eigenvalue weighted by Gasteiger charge is 2.10. The molecule has 0 rings (SSSR count). The van der Waals surface area contributed by atoms with Crippen LogP contribution in [0.25, 0.3) is 0 Å². The van der Waals surface area contributed by atoms with E-state index >= 15 is 0 Å². The fraction of sp³-hybridized carbons (Fsp3) is 1.00. The third kappa shape index (κ3) is 10.5. The van der Waals surface area contributed by atoms with Gasteiger partial charge in [-0.05, 0) is 17.2 Å². The molecule has 0 aliphatic heterocycles. The van der Waals surface area contributed by atoms with Gasteiger partial charge in [0.25, 0.3) is 0 Å². The Bertz CT molecular complexity index is 356. The molecule has 0 radical (unpaired) electrons. The van der Waals surface area contributed by atoms with E-state index in [0.717, 1.165) is 12.8 Å². The molecule has 8 heteroatoms. The van der Waals surface area contributed by atoms with Crippen LogP contribution in [-0.2, 0) is 19.0 Å². The highest BCUT2D eigenvalue weighted by atomic mass is 33.1. The minimum Gasteiger partial charge on any atom is -0.739 e. The van der Waals surface area contributed by atoms with E-state index in [1.807, 2.05) is 6.92 Å². The van der Waals surface area contributed by atoms with Crippen molar-refractivity contribution >= 4 is 29.8 Å². The van der Waals surface area contributed by atoms with Crippen molar-refractivity contribution in [3.63, 3.8) is 0 Å². The van der Waals surface area contributed by atoms with Crippen molar-refractivity contribution in [3.8, 4) is 0 Å². The summed E-state index contributed by atoms with van der Waals surface area (Å²) in [5, 5.41) is 0. The van der Waals surface area contributed by atoms with Gasteiger partial charge in [-0.25, -0.2) is 16.8 Å². The predicted molar refractivity (Wildman–Crippen MR) is 60.3 cm³/mol. The lowest BCUT2D eigenvalue weighted by atomic mass is 10.3. The van der Waals surface area contributed by atoms with Crippen LogP contribution in [0.2, 0.25) is 0 Å². The van der Waals surface area contributed by atoms with E-state index in [-0.39, 0.29) is 28.1 Å². The Hall–Kier alpha value is 0.210. The molecule has 0 aliphatic rings. The Balaban J connectivity index is 3.85. The van der Waals surface area contributed by atoms with Gasteiger partial charge in [-0.3, -0.25) is 0 Å². The largest absolute Gasteiger partial charge is 0.739 e. The number of unbranched alkanes of at least 4 members (excludes halogenated alkanes) is 2. The second kappa shape index (κ2) is 6.72. The minimum atomic E-state index is -4.37. The van der Waals surface area contributed by atoms with Crippen molar-refractivity contribution < 1.29 is 21.4 Å². The molecule has 0 atom stereocenters. The van der Waals surface area contributed by atoms with Gasteiger partial charge in [-0.1, -0.05) is 19.8 Å². The smallest absolute Gasteiger partial charge is 0.151 e. The molecule has 0 spiro atoms. The standard InChI is InChI=1S/C7H16O5S3/c1-2-3-4-6-14(8,9)7-5-13-15(10,11)12/h2-7H2,1H3,(H,10,11,12)/p-1. The summed E-state index contributed by atoms with van der Waals surface area (Å²) in [6.07, 6.45) is 2.36. The number of hydrogen-bond acceptors (Lipinski definition) is 6. The molecule has 0 saturated heterocycles. The maximum atomic E-state index is 11.3. The van der Waals surface area contributed by atoms with Gasteiger partial charge in [0.05, 0.1) is 11.5 Å². The zero-order chi connectivity index (χ0) is 11.9. The molecule has 0 aromatic heterocycles. The zero-order valence-corrected chi connectivity index (χ0v) is 11.0. The number of sulfone groups is 1. The Kier molecular flexibility index (Phi) is 6.81. The second-order valence-electron chi connectivity index (χ2n) is 3.09. The van der Waals surface area contributed by atoms with E-state index in [1.54, 1.807) is 0 Å². The quantitative estimate of drug-likeness (QED) is 0.369. The first-order chi connectivity index (χ1) is 6.77. The average molecular weight is 275 g/mol. The van der Waals surface area contributed by atoms with Crippen molar-refractivity contribution in [2.24, 2.45) is 0 Å². The molecule has 0 unspecified atom stereocenters. The highest BCUT2D eigenvalue weighted by molar-refractivity contribution is 8.69. The van der Waals surface area contributed by atoms with Crippen LogP contribution >= 0.6 is 10.8 Å². The van der Waals surface area contributed by atoms with Crippen molar-refractivity contribution in [1.29, 1.82) is 0 Å². The normalized spacial score (nSPS) is 12.9. The molecule has 0 N–H and O–H groups in total. The molecule has 0 aromatic rings. The lowest BCUT2D eigenvalue weighted by Gasteiger charge is -2.06. The van der Waals surface area contributed by atoms with Gasteiger partial charge >= 0.3 is 0 Å². The summed E-state index contributed by atoms with van der Waals surface area (Å²) in [6, 6.07) is 0. The molecule has 0 fully saturated rings. The van der Waals surface area contributed by atoms with Crippen LogP contribution in [0, 0.1) is 0 Å². The van der Waals surface area contributed by atoms with Gasteiger partial charge in [0.1, 0.15) is 9.15 Å². The molecular weight excluding hydrogens is 260 g/mol. The first-order valence-electron chi connectivity index (χ1n) is 4.57. The van der Waals surface area contributed by atoms with E-state index in [0.29, 0.717) is 6.42 Å². The van der Waals surface area contributed by atoms with Crippen molar-refractivity contribution in [1.82, 2.24) is 0 Å². The van der Waals surface area contributed by atoms with Gasteiger partial charge < -0.3 is 4.55 Å². The molecule has 0 heterocycles. The molecule has 5 nitrogen and oxygen atoms in total. The summed E-state index contributed by atoms with van der Waals surface area (Å²) in [5.41, 5.74) is 0. The fourth-order valence-electron chi connectivity index (χ4n) is 0.937. The van der Waals surface area contributed by atoms with Crippen LogP contribution in [0.1, 0.15) is 26.2 Å². The van der Waals surface area contributed by atoms with Crippen LogP contribution in [0.15, 0.2) is 0 Å². The van der Waals surface area contributed by atoms with E-state index < -0.39 is 19.0 Å². The summed E-state index contributed by atoms with van der Waals surface area (Å²) < 4.78 is 53.1. The Labute approximate surface area is 94.7 Å². The lowest BCUT2D eigenvalue weighted by Crippen LogP contribution is -2.13. The Morgan fingerprint density at radius 2 is 1.67 bits per heavy atom. The number of hydrogen-bond donors (Lipinski definition) is 0. The van der Waals surface area contributed by atoms with Crippen molar-refractivity contribution in [3.05, 3.63) is 0 Å². The predicted octanol–water partition coefficient (Wildman–Crippen LogP) is 0.785. The molecule has 0 amide bonds. The van der Waals surface area contributed by atoms with Crippen LogP contribution < -0.4 is 0 Å². The van der Waals surface area contributed by atoms with Crippen molar-refractivity contribution in [2.75, 3.05) is 17.3 Å². The monoisotopic (exact) mass is 275 g/mol. The lowest BCUT2D eigenvalue weighted by molar-refractivity contribution is 0.482. The minimum absolute atomic E-state index is 0.0697. The van der Waals surface area contributed by atoms with Crippen LogP contribution in [-0.4, -0.2) is 38.6 Å². The fourth-order valence-corrected chi connectivity index (χ4v) is 4.50. The van der Waals surface area contributed by atoms with Gasteiger partial charge in [0.15, 0.2) is 9.84 Å². The summed E-state index contributed by atoms with van der Waals surface area (Å²) >= 11 is 0. The molecule has 0 saturated carbocycles. The van der Waals surface area contributed by atoms with Gasteiger partial charge in [0.2, 0.25) is 0 Å². The number of rotatable bonds is 8. The zero-order valence-electron chi connectivity index (χ0n) is 8.51. The first-order valence-corrected chi connectivity index (χ1v) is 9.31. The van der Waals surface area contributed by atoms with E-state index in [2.05, 4.69) is 0 Å². The third-order valence-electron chi connectivity index (χ3n) is 1.68. The summed E-state index contributed by atoms with van der Waals surface area (Å²) in [6.45, 7) is 1.96. The summed E-state index contributed by atoms with van der Waals surface area (Å²) in [5.74, 6) is -0.358. The molecular formula is C7H15O5S3-. The molecule has 0 aliphatic carbocycles. The molecule has 0 aromatic carbocycles. The van der Waals surface area contributed by atoms with Crippen LogP contribution in [0.3, 0.4) is 0 Å². The maximum absolute atomic E-state index is 11.3. The van der Waals surface area contributed by atoms with Crippen molar-refractivity contribution in [2.45, 2.75) is 26.2 Å².